The number of nitrogens with one attached hydrogen (secondary N) is 1. The summed E-state index contributed by atoms with van der Waals surface area (Å²) in [5.74, 6) is -1.41. The highest BCUT2D eigenvalue weighted by molar-refractivity contribution is 5.84. The van der Waals surface area contributed by atoms with Crippen molar-refractivity contribution in [1.82, 2.24) is 5.32 Å². The summed E-state index contributed by atoms with van der Waals surface area (Å²) in [4.78, 5) is 31.7. The van der Waals surface area contributed by atoms with Crippen LogP contribution in [-0.2, 0) is 19.1 Å². The Morgan fingerprint density at radius 2 is 1.75 bits per heavy atom. The van der Waals surface area contributed by atoms with Gasteiger partial charge in [0.05, 0.1) is 0 Å². The first-order valence-corrected chi connectivity index (χ1v) is 6.40. The molecule has 1 amide bonds. The summed E-state index contributed by atoms with van der Waals surface area (Å²) >= 11 is 0. The van der Waals surface area contributed by atoms with Crippen LogP contribution in [0.3, 0.4) is 0 Å². The molecule has 0 saturated carbocycles. The molecule has 6 nitrogen and oxygen atoms in total. The Morgan fingerprint density at radius 3 is 2.00 bits per heavy atom. The van der Waals surface area contributed by atoms with Crippen LogP contribution < -0.4 is 5.32 Å². The van der Waals surface area contributed by atoms with Crippen molar-refractivity contribution >= 4 is 17.8 Å². The van der Waals surface area contributed by atoms with Crippen molar-refractivity contribution in [3.8, 4) is 0 Å². The van der Waals surface area contributed by atoms with Gasteiger partial charge in [0, 0.05) is 12.8 Å². The minimum atomic E-state index is -1.01. The molecule has 0 aliphatic rings. The van der Waals surface area contributed by atoms with Gasteiger partial charge in [0.2, 0.25) is 5.91 Å². The molecular weight excluding hydrogens is 262 g/mol. The fourth-order valence-electron chi connectivity index (χ4n) is 0.886. The third-order valence-corrected chi connectivity index (χ3v) is 2.55. The predicted molar refractivity (Wildman–Crippen MR) is 76.1 cm³/mol. The van der Waals surface area contributed by atoms with Crippen LogP contribution in [0.5, 0.6) is 0 Å². The van der Waals surface area contributed by atoms with Crippen LogP contribution in [0.4, 0.5) is 0 Å². The number of esters is 1. The second kappa shape index (κ2) is 11.0. The summed E-state index contributed by atoms with van der Waals surface area (Å²) in [6.45, 7) is 12.1. The lowest BCUT2D eigenvalue weighted by Gasteiger charge is -2.17. The van der Waals surface area contributed by atoms with Crippen molar-refractivity contribution < 1.29 is 24.2 Å². The van der Waals surface area contributed by atoms with Crippen molar-refractivity contribution in [2.45, 2.75) is 40.7 Å². The first-order valence-electron chi connectivity index (χ1n) is 6.40. The fraction of sp³-hybridized carbons (Fsp3) is 0.643. The Bertz CT molecular complexity index is 338. The summed E-state index contributed by atoms with van der Waals surface area (Å²) < 4.78 is 4.43. The number of hydrogen-bond acceptors (Lipinski definition) is 4. The van der Waals surface area contributed by atoms with E-state index in [4.69, 9.17) is 5.11 Å². The highest BCUT2D eigenvalue weighted by Gasteiger charge is 2.20. The van der Waals surface area contributed by atoms with Gasteiger partial charge in [-0.2, -0.15) is 0 Å². The van der Waals surface area contributed by atoms with Crippen LogP contribution >= 0.6 is 0 Å². The SMILES string of the molecule is C=CCOC(C)=O.CC(NC(=O)[C@@H](C)C(C)C)C(=O)O. The molecule has 2 N–H and O–H groups in total. The largest absolute Gasteiger partial charge is 0.480 e. The normalized spacial score (nSPS) is 12.5. The van der Waals surface area contributed by atoms with E-state index in [9.17, 15) is 14.4 Å². The molecule has 0 aromatic rings. The standard InChI is InChI=1S/C9H17NO3.C5H8O2/c1-5(2)6(3)8(11)10-7(4)9(12)13;1-3-4-7-5(2)6/h5-7H,1-4H3,(H,10,11)(H,12,13);3H,1,4H2,2H3/t6-,7?;/m0./s1. The number of rotatable bonds is 6. The van der Waals surface area contributed by atoms with Crippen LogP contribution in [0.25, 0.3) is 0 Å². The minimum Gasteiger partial charge on any atom is -0.480 e. The topological polar surface area (TPSA) is 92.7 Å². The maximum Gasteiger partial charge on any atom is 0.325 e. The van der Waals surface area contributed by atoms with Gasteiger partial charge in [0.1, 0.15) is 12.6 Å². The van der Waals surface area contributed by atoms with Gasteiger partial charge in [-0.25, -0.2) is 0 Å². The Morgan fingerprint density at radius 1 is 1.25 bits per heavy atom. The van der Waals surface area contributed by atoms with Gasteiger partial charge in [-0.3, -0.25) is 14.4 Å². The number of carboxylic acids is 1. The first-order chi connectivity index (χ1) is 9.13. The average Bonchev–Trinajstić information content (AvgIpc) is 2.35. The highest BCUT2D eigenvalue weighted by Crippen LogP contribution is 2.09. The molecule has 0 heterocycles. The van der Waals surface area contributed by atoms with E-state index in [2.05, 4.69) is 16.6 Å². The zero-order valence-corrected chi connectivity index (χ0v) is 12.8. The number of carbonyl (C=O) groups is 3. The van der Waals surface area contributed by atoms with E-state index in [1.54, 1.807) is 6.92 Å². The van der Waals surface area contributed by atoms with Gasteiger partial charge < -0.3 is 15.2 Å². The number of amides is 1. The van der Waals surface area contributed by atoms with E-state index < -0.39 is 12.0 Å². The lowest BCUT2D eigenvalue weighted by Crippen LogP contribution is -2.42. The highest BCUT2D eigenvalue weighted by atomic mass is 16.5. The predicted octanol–water partition coefficient (Wildman–Crippen LogP) is 1.60. The van der Waals surface area contributed by atoms with Crippen LogP contribution in [0, 0.1) is 11.8 Å². The molecule has 2 atom stereocenters. The van der Waals surface area contributed by atoms with Crippen LogP contribution in [0.2, 0.25) is 0 Å². The molecule has 20 heavy (non-hydrogen) atoms. The van der Waals surface area contributed by atoms with E-state index in [1.807, 2.05) is 13.8 Å². The van der Waals surface area contributed by atoms with E-state index in [0.717, 1.165) is 0 Å². The van der Waals surface area contributed by atoms with Crippen LogP contribution in [0.15, 0.2) is 12.7 Å². The molecule has 0 saturated heterocycles. The van der Waals surface area contributed by atoms with E-state index in [0.29, 0.717) is 6.61 Å². The number of carbonyl (C=O) groups excluding carboxylic acids is 2. The van der Waals surface area contributed by atoms with Crippen molar-refractivity contribution in [3.63, 3.8) is 0 Å². The second-order valence-corrected chi connectivity index (χ2v) is 4.69. The lowest BCUT2D eigenvalue weighted by molar-refractivity contribution is -0.142. The number of hydrogen-bond donors (Lipinski definition) is 2. The molecule has 0 aromatic heterocycles. The molecule has 0 rings (SSSR count). The monoisotopic (exact) mass is 287 g/mol. The summed E-state index contributed by atoms with van der Waals surface area (Å²) in [6.07, 6.45) is 1.53. The molecule has 0 aliphatic carbocycles. The first kappa shape index (κ1) is 20.5. The summed E-state index contributed by atoms with van der Waals surface area (Å²) in [6, 6.07) is -0.811. The van der Waals surface area contributed by atoms with Gasteiger partial charge in [0.15, 0.2) is 0 Å². The Balaban J connectivity index is 0. The van der Waals surface area contributed by atoms with E-state index in [1.165, 1.54) is 19.9 Å². The van der Waals surface area contributed by atoms with Gasteiger partial charge in [-0.05, 0) is 12.8 Å². The Labute approximate surface area is 120 Å². The molecule has 116 valence electrons. The van der Waals surface area contributed by atoms with Crippen molar-refractivity contribution in [2.24, 2.45) is 11.8 Å². The molecule has 0 spiro atoms. The summed E-state index contributed by atoms with van der Waals surface area (Å²) in [5.41, 5.74) is 0. The molecule has 1 unspecified atom stereocenters. The molecular formula is C14H25NO5. The Hall–Kier alpha value is -1.85. The van der Waals surface area contributed by atoms with Crippen molar-refractivity contribution in [1.29, 1.82) is 0 Å². The third-order valence-electron chi connectivity index (χ3n) is 2.55. The quantitative estimate of drug-likeness (QED) is 0.572. The van der Waals surface area contributed by atoms with Gasteiger partial charge in [0.25, 0.3) is 0 Å². The third kappa shape index (κ3) is 11.3. The zero-order valence-electron chi connectivity index (χ0n) is 12.8. The van der Waals surface area contributed by atoms with E-state index in [-0.39, 0.29) is 23.7 Å². The lowest BCUT2D eigenvalue weighted by atomic mass is 9.97. The van der Waals surface area contributed by atoms with Crippen LogP contribution in [-0.4, -0.2) is 35.6 Å². The number of ether oxygens (including phenoxy) is 1. The maximum atomic E-state index is 11.3. The number of carboxylic acid groups (broad SMARTS) is 1. The molecule has 0 fully saturated rings. The summed E-state index contributed by atoms with van der Waals surface area (Å²) in [7, 11) is 0. The Kier molecular flexibility index (Phi) is 11.3. The molecule has 6 heteroatoms. The maximum absolute atomic E-state index is 11.3. The molecule has 0 bridgehead atoms. The van der Waals surface area contributed by atoms with Gasteiger partial charge in [-0.1, -0.05) is 33.4 Å². The summed E-state index contributed by atoms with van der Waals surface area (Å²) in [5, 5.41) is 11.0. The van der Waals surface area contributed by atoms with Crippen LogP contribution in [0.1, 0.15) is 34.6 Å². The van der Waals surface area contributed by atoms with Gasteiger partial charge in [-0.15, -0.1) is 0 Å². The fourth-order valence-corrected chi connectivity index (χ4v) is 0.886. The average molecular weight is 287 g/mol. The minimum absolute atomic E-state index is 0.151. The van der Waals surface area contributed by atoms with Crippen molar-refractivity contribution in [2.75, 3.05) is 6.61 Å². The smallest absolute Gasteiger partial charge is 0.325 e. The zero-order chi connectivity index (χ0) is 16.3. The number of aliphatic carboxylic acids is 1. The molecule has 0 aromatic carbocycles. The van der Waals surface area contributed by atoms with E-state index >= 15 is 0 Å². The second-order valence-electron chi connectivity index (χ2n) is 4.69. The van der Waals surface area contributed by atoms with Crippen molar-refractivity contribution in [3.05, 3.63) is 12.7 Å². The molecule has 0 radical (unpaired) electrons. The molecule has 0 aliphatic heterocycles. The van der Waals surface area contributed by atoms with Gasteiger partial charge >= 0.3 is 11.9 Å².